The Morgan fingerprint density at radius 2 is 1.77 bits per heavy atom. The van der Waals surface area contributed by atoms with Crippen molar-refractivity contribution in [2.24, 2.45) is 0 Å². The molecule has 2 aromatic rings. The molecule has 0 saturated heterocycles. The molecule has 0 heterocycles. The van der Waals surface area contributed by atoms with Gasteiger partial charge in [-0.2, -0.15) is 0 Å². The van der Waals surface area contributed by atoms with E-state index in [-0.39, 0.29) is 5.17 Å². The normalized spacial score (nSPS) is 9.68. The van der Waals surface area contributed by atoms with Crippen LogP contribution in [0.25, 0.3) is 0 Å². The minimum atomic E-state index is -0.560. The molecule has 2 N–H and O–H groups in total. The minimum Gasteiger partial charge on any atom is -0.471 e. The molecular formula is C16H16N2O3S. The first kappa shape index (κ1) is 15.8. The lowest BCUT2D eigenvalue weighted by atomic mass is 10.3. The fourth-order valence-electron chi connectivity index (χ4n) is 1.69. The van der Waals surface area contributed by atoms with Crippen LogP contribution >= 0.6 is 12.2 Å². The second-order valence-corrected chi connectivity index (χ2v) is 4.62. The van der Waals surface area contributed by atoms with Gasteiger partial charge in [-0.15, -0.1) is 0 Å². The molecule has 22 heavy (non-hydrogen) atoms. The van der Waals surface area contributed by atoms with Gasteiger partial charge in [-0.25, -0.2) is 4.79 Å². The van der Waals surface area contributed by atoms with Crippen LogP contribution in [-0.2, 0) is 4.74 Å². The highest BCUT2D eigenvalue weighted by atomic mass is 32.1. The maximum absolute atomic E-state index is 11.8. The van der Waals surface area contributed by atoms with E-state index in [1.165, 1.54) is 0 Å². The monoisotopic (exact) mass is 316 g/mol. The molecule has 0 atom stereocenters. The predicted octanol–water partition coefficient (Wildman–Crippen LogP) is 4.03. The fourth-order valence-corrected chi connectivity index (χ4v) is 1.93. The molecule has 0 aliphatic rings. The van der Waals surface area contributed by atoms with Crippen LogP contribution in [0.15, 0.2) is 54.6 Å². The number of hydrogen-bond donors (Lipinski definition) is 2. The van der Waals surface area contributed by atoms with E-state index in [4.69, 9.17) is 21.7 Å². The highest BCUT2D eigenvalue weighted by molar-refractivity contribution is 7.80. The second kappa shape index (κ2) is 7.99. The highest BCUT2D eigenvalue weighted by Crippen LogP contribution is 2.18. The average molecular weight is 316 g/mol. The van der Waals surface area contributed by atoms with Gasteiger partial charge in [-0.1, -0.05) is 24.3 Å². The molecule has 0 bridgehead atoms. The smallest absolute Gasteiger partial charge is 0.417 e. The van der Waals surface area contributed by atoms with Crippen molar-refractivity contribution in [3.63, 3.8) is 0 Å². The molecule has 0 aliphatic carbocycles. The summed E-state index contributed by atoms with van der Waals surface area (Å²) in [5.74, 6) is 0.401. The van der Waals surface area contributed by atoms with E-state index in [0.717, 1.165) is 0 Å². The van der Waals surface area contributed by atoms with Gasteiger partial charge in [0, 0.05) is 17.4 Å². The Labute approximate surface area is 134 Å². The number of nitrogens with one attached hydrogen (secondary N) is 2. The Morgan fingerprint density at radius 1 is 1.05 bits per heavy atom. The molecular weight excluding hydrogens is 300 g/mol. The number of benzene rings is 2. The molecule has 0 aromatic heterocycles. The molecule has 0 radical (unpaired) electrons. The first-order chi connectivity index (χ1) is 10.7. The van der Waals surface area contributed by atoms with Crippen molar-refractivity contribution >= 4 is 34.9 Å². The Balaban J connectivity index is 1.95. The van der Waals surface area contributed by atoms with E-state index in [1.54, 1.807) is 36.4 Å². The SMILES string of the molecule is CCOC(=S)Nc1cccc(OC(=O)Nc2ccccc2)c1. The van der Waals surface area contributed by atoms with Crippen molar-refractivity contribution in [1.29, 1.82) is 0 Å². The van der Waals surface area contributed by atoms with Crippen molar-refractivity contribution in [1.82, 2.24) is 0 Å². The first-order valence-corrected chi connectivity index (χ1v) is 7.16. The third-order valence-electron chi connectivity index (χ3n) is 2.59. The molecule has 0 aliphatic heterocycles. The standard InChI is InChI=1S/C16H16N2O3S/c1-2-20-16(22)18-13-9-6-10-14(11-13)21-15(19)17-12-7-4-3-5-8-12/h3-11H,2H2,1H3,(H,17,19)(H,18,22). The Bertz CT molecular complexity index is 647. The number of anilines is 2. The lowest BCUT2D eigenvalue weighted by molar-refractivity contribution is 0.215. The Hall–Kier alpha value is -2.60. The fraction of sp³-hybridized carbons (Fsp3) is 0.125. The van der Waals surface area contributed by atoms with Crippen LogP contribution in [0.1, 0.15) is 6.92 Å². The summed E-state index contributed by atoms with van der Waals surface area (Å²) in [5.41, 5.74) is 1.35. The summed E-state index contributed by atoms with van der Waals surface area (Å²) in [6, 6.07) is 16.0. The zero-order valence-corrected chi connectivity index (χ0v) is 12.9. The zero-order chi connectivity index (χ0) is 15.8. The van der Waals surface area contributed by atoms with E-state index in [1.807, 2.05) is 25.1 Å². The largest absolute Gasteiger partial charge is 0.471 e. The van der Waals surface area contributed by atoms with Gasteiger partial charge in [0.1, 0.15) is 5.75 Å². The van der Waals surface area contributed by atoms with Crippen LogP contribution in [0.2, 0.25) is 0 Å². The van der Waals surface area contributed by atoms with Crippen molar-refractivity contribution in [2.45, 2.75) is 6.92 Å². The van der Waals surface area contributed by atoms with Gasteiger partial charge in [0.2, 0.25) is 0 Å². The molecule has 114 valence electrons. The van der Waals surface area contributed by atoms with Gasteiger partial charge in [0.25, 0.3) is 5.17 Å². The van der Waals surface area contributed by atoms with Crippen molar-refractivity contribution in [3.8, 4) is 5.75 Å². The van der Waals surface area contributed by atoms with Crippen LogP contribution in [0.4, 0.5) is 16.2 Å². The summed E-state index contributed by atoms with van der Waals surface area (Å²) in [4.78, 5) is 11.8. The summed E-state index contributed by atoms with van der Waals surface area (Å²) in [6.07, 6.45) is -0.560. The van der Waals surface area contributed by atoms with E-state index >= 15 is 0 Å². The van der Waals surface area contributed by atoms with E-state index in [0.29, 0.717) is 23.7 Å². The van der Waals surface area contributed by atoms with Crippen molar-refractivity contribution in [2.75, 3.05) is 17.2 Å². The molecule has 5 nitrogen and oxygen atoms in total. The van der Waals surface area contributed by atoms with Gasteiger partial charge in [0.05, 0.1) is 6.61 Å². The van der Waals surface area contributed by atoms with Gasteiger partial charge in [-0.05, 0) is 43.4 Å². The number of hydrogen-bond acceptors (Lipinski definition) is 4. The van der Waals surface area contributed by atoms with Crippen molar-refractivity contribution in [3.05, 3.63) is 54.6 Å². The van der Waals surface area contributed by atoms with Crippen LogP contribution in [0.5, 0.6) is 5.75 Å². The van der Waals surface area contributed by atoms with Gasteiger partial charge >= 0.3 is 6.09 Å². The van der Waals surface area contributed by atoms with Crippen LogP contribution in [0.3, 0.4) is 0 Å². The average Bonchev–Trinajstić information content (AvgIpc) is 2.48. The molecule has 0 saturated carbocycles. The predicted molar refractivity (Wildman–Crippen MR) is 90.4 cm³/mol. The first-order valence-electron chi connectivity index (χ1n) is 6.75. The molecule has 0 spiro atoms. The van der Waals surface area contributed by atoms with E-state index in [9.17, 15) is 4.79 Å². The number of thiocarbonyl (C=S) groups is 1. The number of amides is 1. The number of carbonyl (C=O) groups excluding carboxylic acids is 1. The quantitative estimate of drug-likeness (QED) is 0.834. The molecule has 2 aromatic carbocycles. The second-order valence-electron chi connectivity index (χ2n) is 4.25. The number of para-hydroxylation sites is 1. The number of ether oxygens (including phenoxy) is 2. The van der Waals surface area contributed by atoms with Gasteiger partial charge in [-0.3, -0.25) is 5.32 Å². The lowest BCUT2D eigenvalue weighted by Crippen LogP contribution is -2.17. The maximum Gasteiger partial charge on any atom is 0.417 e. The molecule has 1 amide bonds. The topological polar surface area (TPSA) is 59.6 Å². The Morgan fingerprint density at radius 3 is 2.50 bits per heavy atom. The summed E-state index contributed by atoms with van der Waals surface area (Å²) in [5, 5.41) is 5.81. The summed E-state index contributed by atoms with van der Waals surface area (Å²) >= 11 is 5.00. The van der Waals surface area contributed by atoms with Gasteiger partial charge < -0.3 is 14.8 Å². The molecule has 6 heteroatoms. The van der Waals surface area contributed by atoms with E-state index < -0.39 is 6.09 Å². The Kier molecular flexibility index (Phi) is 5.73. The zero-order valence-electron chi connectivity index (χ0n) is 12.0. The van der Waals surface area contributed by atoms with Crippen LogP contribution in [-0.4, -0.2) is 17.9 Å². The van der Waals surface area contributed by atoms with Crippen LogP contribution < -0.4 is 15.4 Å². The van der Waals surface area contributed by atoms with Crippen LogP contribution in [0, 0.1) is 0 Å². The summed E-state index contributed by atoms with van der Waals surface area (Å²) < 4.78 is 10.4. The number of carbonyl (C=O) groups is 1. The summed E-state index contributed by atoms with van der Waals surface area (Å²) in [7, 11) is 0. The van der Waals surface area contributed by atoms with Crippen molar-refractivity contribution < 1.29 is 14.3 Å². The third-order valence-corrected chi connectivity index (χ3v) is 2.81. The molecule has 0 unspecified atom stereocenters. The minimum absolute atomic E-state index is 0.272. The lowest BCUT2D eigenvalue weighted by Gasteiger charge is -2.10. The highest BCUT2D eigenvalue weighted by Gasteiger charge is 2.06. The number of rotatable bonds is 4. The third kappa shape index (κ3) is 5.06. The van der Waals surface area contributed by atoms with Gasteiger partial charge in [0.15, 0.2) is 0 Å². The molecule has 0 fully saturated rings. The molecule has 2 rings (SSSR count). The van der Waals surface area contributed by atoms with E-state index in [2.05, 4.69) is 10.6 Å². The maximum atomic E-state index is 11.8. The summed E-state index contributed by atoms with van der Waals surface area (Å²) in [6.45, 7) is 2.34.